The van der Waals surface area contributed by atoms with Gasteiger partial charge in [0.25, 0.3) is 0 Å². The number of halogens is 1. The van der Waals surface area contributed by atoms with E-state index in [-0.39, 0.29) is 36.1 Å². The number of benzene rings is 2. The maximum Gasteiger partial charge on any atom is 0.246 e. The SMILES string of the molecule is COc1ccc(CC(=O)Nc2cc(Cl)ccc2-n2cncn2)cc1S(=O)(=O)N1CCOCC1. The van der Waals surface area contributed by atoms with E-state index in [2.05, 4.69) is 15.4 Å². The minimum Gasteiger partial charge on any atom is -0.495 e. The molecule has 1 amide bonds. The van der Waals surface area contributed by atoms with Crippen LogP contribution in [0.4, 0.5) is 5.69 Å². The number of hydrogen-bond acceptors (Lipinski definition) is 7. The molecule has 12 heteroatoms. The summed E-state index contributed by atoms with van der Waals surface area (Å²) in [5.74, 6) is -0.132. The Morgan fingerprint density at radius 1 is 1.21 bits per heavy atom. The number of aromatic nitrogens is 3. The van der Waals surface area contributed by atoms with Crippen molar-refractivity contribution >= 4 is 33.2 Å². The normalized spacial score (nSPS) is 14.7. The molecule has 0 spiro atoms. The molecule has 2 aromatic carbocycles. The van der Waals surface area contributed by atoms with Crippen LogP contribution in [-0.4, -0.2) is 66.8 Å². The van der Waals surface area contributed by atoms with Gasteiger partial charge in [-0.3, -0.25) is 4.79 Å². The highest BCUT2D eigenvalue weighted by molar-refractivity contribution is 7.89. The van der Waals surface area contributed by atoms with E-state index >= 15 is 0 Å². The van der Waals surface area contributed by atoms with Crippen LogP contribution < -0.4 is 10.1 Å². The number of ether oxygens (including phenoxy) is 2. The third-order valence-corrected chi connectivity index (χ3v) is 7.23. The Morgan fingerprint density at radius 3 is 2.70 bits per heavy atom. The summed E-state index contributed by atoms with van der Waals surface area (Å²) in [4.78, 5) is 16.8. The zero-order chi connectivity index (χ0) is 23.4. The fourth-order valence-electron chi connectivity index (χ4n) is 3.48. The number of carbonyl (C=O) groups excluding carboxylic acids is 1. The Kier molecular flexibility index (Phi) is 6.94. The van der Waals surface area contributed by atoms with Crippen LogP contribution in [-0.2, 0) is 26.0 Å². The summed E-state index contributed by atoms with van der Waals surface area (Å²) in [5, 5.41) is 7.35. The lowest BCUT2D eigenvalue weighted by atomic mass is 10.1. The number of nitrogens with one attached hydrogen (secondary N) is 1. The van der Waals surface area contributed by atoms with Gasteiger partial charge in [0.15, 0.2) is 0 Å². The number of rotatable bonds is 7. The second-order valence-electron chi connectivity index (χ2n) is 7.23. The van der Waals surface area contributed by atoms with E-state index < -0.39 is 10.0 Å². The van der Waals surface area contributed by atoms with E-state index in [0.29, 0.717) is 35.2 Å². The van der Waals surface area contributed by atoms with Gasteiger partial charge in [-0.1, -0.05) is 17.7 Å². The smallest absolute Gasteiger partial charge is 0.246 e. The predicted octanol–water partition coefficient (Wildman–Crippen LogP) is 2.13. The fourth-order valence-corrected chi connectivity index (χ4v) is 5.27. The maximum atomic E-state index is 13.2. The Labute approximate surface area is 196 Å². The van der Waals surface area contributed by atoms with E-state index in [0.717, 1.165) is 0 Å². The lowest BCUT2D eigenvalue weighted by molar-refractivity contribution is -0.115. The second-order valence-corrected chi connectivity index (χ2v) is 9.57. The third kappa shape index (κ3) is 5.17. The van der Waals surface area contributed by atoms with Crippen LogP contribution in [0.25, 0.3) is 5.69 Å². The summed E-state index contributed by atoms with van der Waals surface area (Å²) in [6.07, 6.45) is 2.83. The number of hydrogen-bond donors (Lipinski definition) is 1. The molecular formula is C21H22ClN5O5S. The summed E-state index contributed by atoms with van der Waals surface area (Å²) >= 11 is 6.11. The van der Waals surface area contributed by atoms with Crippen molar-refractivity contribution in [1.29, 1.82) is 0 Å². The third-order valence-electron chi connectivity index (χ3n) is 5.08. The van der Waals surface area contributed by atoms with Crippen LogP contribution in [0, 0.1) is 0 Å². The minimum atomic E-state index is -3.80. The van der Waals surface area contributed by atoms with Gasteiger partial charge in [-0.15, -0.1) is 0 Å². The zero-order valence-corrected chi connectivity index (χ0v) is 19.3. The number of anilines is 1. The van der Waals surface area contributed by atoms with Crippen molar-refractivity contribution in [3.8, 4) is 11.4 Å². The molecule has 0 aliphatic carbocycles. The maximum absolute atomic E-state index is 13.2. The molecule has 2 heterocycles. The van der Waals surface area contributed by atoms with Crippen molar-refractivity contribution < 1.29 is 22.7 Å². The van der Waals surface area contributed by atoms with Gasteiger partial charge in [-0.25, -0.2) is 18.1 Å². The molecule has 1 aliphatic rings. The Bertz CT molecular complexity index is 1240. The van der Waals surface area contributed by atoms with E-state index in [1.165, 1.54) is 34.8 Å². The van der Waals surface area contributed by atoms with E-state index in [1.807, 2.05) is 0 Å². The molecule has 0 unspecified atom stereocenters. The summed E-state index contributed by atoms with van der Waals surface area (Å²) in [7, 11) is -2.40. The van der Waals surface area contributed by atoms with Crippen LogP contribution in [0.5, 0.6) is 5.75 Å². The number of morpholine rings is 1. The van der Waals surface area contributed by atoms with Crippen molar-refractivity contribution in [3.63, 3.8) is 0 Å². The van der Waals surface area contributed by atoms with Gasteiger partial charge in [0.05, 0.1) is 38.1 Å². The van der Waals surface area contributed by atoms with Gasteiger partial charge in [0.1, 0.15) is 23.3 Å². The molecule has 0 saturated carbocycles. The molecule has 0 bridgehead atoms. The molecule has 10 nitrogen and oxygen atoms in total. The van der Waals surface area contributed by atoms with Crippen molar-refractivity contribution in [2.24, 2.45) is 0 Å². The number of carbonyl (C=O) groups is 1. The van der Waals surface area contributed by atoms with Crippen LogP contribution in [0.3, 0.4) is 0 Å². The molecule has 1 N–H and O–H groups in total. The average Bonchev–Trinajstić information content (AvgIpc) is 3.34. The Morgan fingerprint density at radius 2 is 2.00 bits per heavy atom. The van der Waals surface area contributed by atoms with E-state index in [9.17, 15) is 13.2 Å². The van der Waals surface area contributed by atoms with E-state index in [4.69, 9.17) is 21.1 Å². The Hall–Kier alpha value is -2.99. The van der Waals surface area contributed by atoms with Gasteiger partial charge < -0.3 is 14.8 Å². The molecule has 3 aromatic rings. The summed E-state index contributed by atoms with van der Waals surface area (Å²) in [6.45, 7) is 1.18. The number of sulfonamides is 1. The van der Waals surface area contributed by atoms with Crippen LogP contribution in [0.2, 0.25) is 5.02 Å². The first-order chi connectivity index (χ1) is 15.9. The molecule has 174 valence electrons. The van der Waals surface area contributed by atoms with Gasteiger partial charge in [0.2, 0.25) is 15.9 Å². The highest BCUT2D eigenvalue weighted by Crippen LogP contribution is 2.29. The van der Waals surface area contributed by atoms with E-state index in [1.54, 1.807) is 30.3 Å². The van der Waals surface area contributed by atoms with Crippen LogP contribution >= 0.6 is 11.6 Å². The van der Waals surface area contributed by atoms with Gasteiger partial charge in [-0.05, 0) is 35.9 Å². The molecule has 1 aliphatic heterocycles. The topological polar surface area (TPSA) is 116 Å². The standard InChI is InChI=1S/C21H22ClN5O5S/c1-31-19-5-2-15(10-20(19)33(29,30)26-6-8-32-9-7-26)11-21(28)25-17-12-16(22)3-4-18(17)27-14-23-13-24-27/h2-5,10,12-14H,6-9,11H2,1H3,(H,25,28). The number of methoxy groups -OCH3 is 1. The monoisotopic (exact) mass is 491 g/mol. The fraction of sp³-hybridized carbons (Fsp3) is 0.286. The predicted molar refractivity (Wildman–Crippen MR) is 121 cm³/mol. The minimum absolute atomic E-state index is 0.0169. The van der Waals surface area contributed by atoms with Crippen molar-refractivity contribution in [1.82, 2.24) is 19.1 Å². The second kappa shape index (κ2) is 9.87. The first-order valence-corrected chi connectivity index (χ1v) is 11.9. The first kappa shape index (κ1) is 23.2. The van der Waals surface area contributed by atoms with Crippen LogP contribution in [0.1, 0.15) is 5.56 Å². The molecule has 0 radical (unpaired) electrons. The molecule has 4 rings (SSSR count). The summed E-state index contributed by atoms with van der Waals surface area (Å²) in [6, 6.07) is 9.69. The highest BCUT2D eigenvalue weighted by atomic mass is 35.5. The quantitative estimate of drug-likeness (QED) is 0.538. The largest absolute Gasteiger partial charge is 0.495 e. The van der Waals surface area contributed by atoms with Crippen molar-refractivity contribution in [2.45, 2.75) is 11.3 Å². The molecule has 1 saturated heterocycles. The molecule has 1 fully saturated rings. The number of amides is 1. The molecule has 33 heavy (non-hydrogen) atoms. The summed E-state index contributed by atoms with van der Waals surface area (Å²) in [5.41, 5.74) is 1.56. The molecule has 0 atom stereocenters. The van der Waals surface area contributed by atoms with Gasteiger partial charge >= 0.3 is 0 Å². The van der Waals surface area contributed by atoms with Gasteiger partial charge in [0, 0.05) is 18.1 Å². The van der Waals surface area contributed by atoms with Crippen LogP contribution in [0.15, 0.2) is 53.9 Å². The Balaban J connectivity index is 1.57. The lowest BCUT2D eigenvalue weighted by Crippen LogP contribution is -2.40. The molecule has 1 aromatic heterocycles. The lowest BCUT2D eigenvalue weighted by Gasteiger charge is -2.26. The van der Waals surface area contributed by atoms with Crippen molar-refractivity contribution in [3.05, 3.63) is 59.6 Å². The zero-order valence-electron chi connectivity index (χ0n) is 17.8. The average molecular weight is 492 g/mol. The number of nitrogens with zero attached hydrogens (tertiary/aromatic N) is 4. The first-order valence-electron chi connectivity index (χ1n) is 10.1. The van der Waals surface area contributed by atoms with Crippen molar-refractivity contribution in [2.75, 3.05) is 38.7 Å². The highest BCUT2D eigenvalue weighted by Gasteiger charge is 2.29. The molecular weight excluding hydrogens is 470 g/mol. The van der Waals surface area contributed by atoms with Gasteiger partial charge in [-0.2, -0.15) is 9.40 Å². The summed E-state index contributed by atoms with van der Waals surface area (Å²) < 4.78 is 39.7.